The SMILES string of the molecule is Cc1cccc(-c2cccc(COc3c4cc(S(=O)(=O)[O-])cc3Cc3cc(S(=O)(=O)[O-])cc(c3O)Cc3cc(S(=O)(=O)[O-])cc(c3OCc3cccc(-c5cccc(C)n5)n3)Cc3cc(S(=O)(=O)[O-])cc(c3O)C4)n2)n1.[Na+].[Na+].[Na+].[Na+]. The molecule has 1 aliphatic rings. The molecule has 4 heterocycles. The van der Waals surface area contributed by atoms with Crippen molar-refractivity contribution in [2.24, 2.45) is 0 Å². The van der Waals surface area contributed by atoms with Gasteiger partial charge < -0.3 is 37.9 Å². The topological polar surface area (TPSA) is 339 Å². The minimum atomic E-state index is -5.40. The summed E-state index contributed by atoms with van der Waals surface area (Å²) in [6.45, 7) is 2.78. The molecule has 8 bridgehead atoms. The second-order valence-corrected chi connectivity index (χ2v) is 23.3. The molecule has 20 nitrogen and oxygen atoms in total. The van der Waals surface area contributed by atoms with Crippen LogP contribution < -0.4 is 128 Å². The van der Waals surface area contributed by atoms with E-state index < -0.39 is 110 Å². The quantitative estimate of drug-likeness (QED) is 0.0850. The van der Waals surface area contributed by atoms with Gasteiger partial charge in [-0.05, 0) is 133 Å². The van der Waals surface area contributed by atoms with Crippen LogP contribution in [0.5, 0.6) is 23.0 Å². The third kappa shape index (κ3) is 15.9. The van der Waals surface area contributed by atoms with Crippen molar-refractivity contribution in [1.82, 2.24) is 19.9 Å². The van der Waals surface area contributed by atoms with Gasteiger partial charge in [0.05, 0.1) is 53.7 Å². The van der Waals surface area contributed by atoms with Crippen LogP contribution >= 0.6 is 0 Å². The normalized spacial score (nSPS) is 12.4. The van der Waals surface area contributed by atoms with E-state index in [2.05, 4.69) is 19.9 Å². The third-order valence-corrected chi connectivity index (χ3v) is 15.5. The molecule has 0 fully saturated rings. The number of rotatable bonds is 12. The summed E-state index contributed by atoms with van der Waals surface area (Å²) in [7, 11) is -21.6. The summed E-state index contributed by atoms with van der Waals surface area (Å²) in [4.78, 5) is 14.7. The van der Waals surface area contributed by atoms with E-state index in [9.17, 15) is 62.1 Å². The number of aromatic hydroxyl groups is 2. The summed E-state index contributed by atoms with van der Waals surface area (Å²) in [6.07, 6.45) is -2.82. The Morgan fingerprint density at radius 3 is 0.875 bits per heavy atom. The molecule has 0 unspecified atom stereocenters. The summed E-state index contributed by atoms with van der Waals surface area (Å²) >= 11 is 0. The number of aromatic nitrogens is 4. The van der Waals surface area contributed by atoms with Crippen molar-refractivity contribution in [2.45, 2.75) is 72.3 Å². The van der Waals surface area contributed by atoms with Crippen molar-refractivity contribution in [3.05, 3.63) is 189 Å². The smallest absolute Gasteiger partial charge is 0.744 e. The predicted molar refractivity (Wildman–Crippen MR) is 265 cm³/mol. The second-order valence-electron chi connectivity index (χ2n) is 17.8. The molecule has 0 spiro atoms. The number of aryl methyl sites for hydroxylation is 2. The first-order valence-corrected chi connectivity index (χ1v) is 28.3. The predicted octanol–water partition coefficient (Wildman–Crippen LogP) is -5.90. The van der Waals surface area contributed by atoms with Crippen LogP contribution in [0.2, 0.25) is 0 Å². The monoisotopic (exact) mass is 1200 g/mol. The third-order valence-electron chi connectivity index (χ3n) is 12.2. The van der Waals surface area contributed by atoms with Crippen LogP contribution in [0.3, 0.4) is 0 Å². The zero-order chi connectivity index (χ0) is 54.5. The maximum atomic E-state index is 12.9. The minimum Gasteiger partial charge on any atom is -0.744 e. The molecule has 28 heteroatoms. The van der Waals surface area contributed by atoms with Crippen LogP contribution in [0, 0.1) is 13.8 Å². The van der Waals surface area contributed by atoms with E-state index in [1.165, 1.54) is 0 Å². The number of hydrogen-bond acceptors (Lipinski definition) is 20. The van der Waals surface area contributed by atoms with E-state index >= 15 is 0 Å². The van der Waals surface area contributed by atoms with E-state index in [4.69, 9.17) is 9.47 Å². The maximum Gasteiger partial charge on any atom is 1.00 e. The molecule has 0 radical (unpaired) electrons. The van der Waals surface area contributed by atoms with Gasteiger partial charge in [0.25, 0.3) is 0 Å². The molecule has 0 atom stereocenters. The van der Waals surface area contributed by atoms with E-state index in [0.29, 0.717) is 34.2 Å². The molecular formula is C52H40N4Na4O16S4. The molecule has 80 heavy (non-hydrogen) atoms. The number of fused-ring (bicyclic) bond motifs is 8. The van der Waals surface area contributed by atoms with Crippen molar-refractivity contribution >= 4 is 40.5 Å². The molecule has 8 aromatic rings. The van der Waals surface area contributed by atoms with Gasteiger partial charge in [-0.2, -0.15) is 0 Å². The van der Waals surface area contributed by atoms with Gasteiger partial charge in [-0.3, -0.25) is 9.97 Å². The number of nitrogens with zero attached hydrogens (tertiary/aromatic N) is 4. The van der Waals surface area contributed by atoms with Gasteiger partial charge >= 0.3 is 118 Å². The fourth-order valence-corrected chi connectivity index (χ4v) is 11.1. The summed E-state index contributed by atoms with van der Waals surface area (Å²) in [5.41, 5.74) is 1.43. The van der Waals surface area contributed by atoms with Crippen molar-refractivity contribution in [3.63, 3.8) is 0 Å². The van der Waals surface area contributed by atoms with Crippen LogP contribution in [0.15, 0.2) is 141 Å². The van der Waals surface area contributed by atoms with E-state index in [0.717, 1.165) is 48.5 Å². The maximum absolute atomic E-state index is 12.9. The van der Waals surface area contributed by atoms with Gasteiger partial charge in [0.15, 0.2) is 0 Å². The van der Waals surface area contributed by atoms with Gasteiger partial charge in [-0.1, -0.05) is 24.3 Å². The number of hydrogen-bond donors (Lipinski definition) is 2. The molecule has 1 aliphatic carbocycles. The van der Waals surface area contributed by atoms with Crippen LogP contribution in [0.1, 0.15) is 67.3 Å². The average molecular weight is 1200 g/mol. The molecule has 0 saturated heterocycles. The number of benzene rings is 4. The van der Waals surface area contributed by atoms with Gasteiger partial charge in [-0.15, -0.1) is 0 Å². The summed E-state index contributed by atoms with van der Waals surface area (Å²) in [5, 5.41) is 24.3. The van der Waals surface area contributed by atoms with Gasteiger partial charge in [-0.25, -0.2) is 43.6 Å². The average Bonchev–Trinajstić information content (AvgIpc) is 3.34. The van der Waals surface area contributed by atoms with E-state index in [1.54, 1.807) is 86.6 Å². The van der Waals surface area contributed by atoms with Crippen molar-refractivity contribution in [1.29, 1.82) is 0 Å². The number of phenolic OH excluding ortho intramolecular Hbond substituents is 2. The van der Waals surface area contributed by atoms with Crippen molar-refractivity contribution in [2.75, 3.05) is 0 Å². The minimum absolute atomic E-state index is 0. The summed E-state index contributed by atoms with van der Waals surface area (Å²) < 4.78 is 168. The van der Waals surface area contributed by atoms with Gasteiger partial charge in [0, 0.05) is 59.3 Å². The summed E-state index contributed by atoms with van der Waals surface area (Å²) in [6, 6.07) is 27.2. The zero-order valence-electron chi connectivity index (χ0n) is 43.8. The molecule has 0 saturated carbocycles. The van der Waals surface area contributed by atoms with Crippen LogP contribution in [0.25, 0.3) is 22.8 Å². The van der Waals surface area contributed by atoms with E-state index in [-0.39, 0.29) is 186 Å². The number of ether oxygens (including phenoxy) is 2. The molecule has 4 aromatic heterocycles. The molecule has 392 valence electrons. The standard InChI is InChI=1S/C52H44N4O16S4.4Na/c1-29-7-3-11-45(53-29)47-13-5-9-39(55-47)27-71-51-35-15-31-19-41(73(59,60)61)21-33(49(31)57)17-37-25-44(76(68,69)70)26-38(52(37)72-28-40-10-6-14-48(56-40)46-12-4-8-30(2)54-46)18-34-22-42(74(62,63)64)20-32(50(34)58)16-36(51)24-43(23-35)75(65,66)67;;;;/h3-14,19-26,57-58H,15-18,27-28H2,1-2H3,(H,59,60,61)(H,62,63,64)(H,65,66,67)(H,68,69,70);;;;/q;4*+1/p-4. The largest absolute Gasteiger partial charge is 1.00 e. The Morgan fingerprint density at radius 2 is 0.625 bits per heavy atom. The Hall–Kier alpha value is -3.68. The molecule has 0 amide bonds. The fourth-order valence-electron chi connectivity index (χ4n) is 8.80. The first kappa shape index (κ1) is 67.1. The van der Waals surface area contributed by atoms with E-state index in [1.807, 2.05) is 0 Å². The first-order valence-electron chi connectivity index (χ1n) is 22.7. The molecule has 4 aromatic carbocycles. The zero-order valence-corrected chi connectivity index (χ0v) is 55.1. The second kappa shape index (κ2) is 26.9. The Balaban J connectivity index is 0.00000294. The van der Waals surface area contributed by atoms with Crippen LogP contribution in [-0.2, 0) is 79.4 Å². The Kier molecular flexibility index (Phi) is 22.6. The molecule has 0 aliphatic heterocycles. The molecular weight excluding hydrogens is 1160 g/mol. The fraction of sp³-hybridized carbons (Fsp3) is 0.154. The number of phenols is 2. The molecule has 9 rings (SSSR count). The van der Waals surface area contributed by atoms with Crippen molar-refractivity contribution in [3.8, 4) is 45.8 Å². The first-order chi connectivity index (χ1) is 35.8. The Morgan fingerprint density at radius 1 is 0.388 bits per heavy atom. The van der Waals surface area contributed by atoms with Gasteiger partial charge in [0.1, 0.15) is 76.7 Å². The van der Waals surface area contributed by atoms with Crippen LogP contribution in [-0.4, -0.2) is 82.0 Å². The summed E-state index contributed by atoms with van der Waals surface area (Å²) in [5.74, 6) is -1.90. The molecule has 2 N–H and O–H groups in total. The Bertz CT molecular complexity index is 3800. The number of pyridine rings is 4. The Labute approximate surface area is 550 Å². The van der Waals surface area contributed by atoms with Crippen molar-refractivity contribution < 1.29 is 190 Å². The van der Waals surface area contributed by atoms with Crippen LogP contribution in [0.4, 0.5) is 0 Å². The van der Waals surface area contributed by atoms with Gasteiger partial charge in [0.2, 0.25) is 0 Å².